The zero-order valence-electron chi connectivity index (χ0n) is 16.3. The van der Waals surface area contributed by atoms with Gasteiger partial charge in [0.05, 0.1) is 19.3 Å². The van der Waals surface area contributed by atoms with Gasteiger partial charge in [0.1, 0.15) is 4.90 Å². The number of rotatable bonds is 5. The quantitative estimate of drug-likeness (QED) is 0.398. The summed E-state index contributed by atoms with van der Waals surface area (Å²) in [5.74, 6) is -0.832. The van der Waals surface area contributed by atoms with Crippen molar-refractivity contribution in [1.29, 1.82) is 0 Å². The van der Waals surface area contributed by atoms with Crippen molar-refractivity contribution in [3.8, 4) is 6.01 Å². The largest absolute Gasteiger partial charge is 1.00 e. The molecule has 0 bridgehead atoms. The molecule has 2 aromatic rings. The van der Waals surface area contributed by atoms with E-state index >= 15 is 0 Å². The number of hydrogen-bond acceptors (Lipinski definition) is 9. The monoisotopic (exact) mass is 428 g/mol. The van der Waals surface area contributed by atoms with E-state index < -0.39 is 27.7 Å². The molecule has 0 saturated carbocycles. The van der Waals surface area contributed by atoms with Crippen molar-refractivity contribution in [2.75, 3.05) is 13.7 Å². The Hall–Kier alpha value is -1.67. The van der Waals surface area contributed by atoms with Gasteiger partial charge in [-0.25, -0.2) is 32.1 Å². The Morgan fingerprint density at radius 2 is 2.04 bits per heavy atom. The molecule has 14 heteroatoms. The minimum atomic E-state index is -4.46. The normalized spacial score (nSPS) is 10.8. The van der Waals surface area contributed by atoms with Gasteiger partial charge in [-0.2, -0.15) is 0 Å². The molecule has 2 rings (SSSR count). The number of esters is 1. The Labute approximate surface area is 182 Å². The minimum Gasteiger partial charge on any atom is -1.00 e. The van der Waals surface area contributed by atoms with Crippen LogP contribution in [0.5, 0.6) is 6.01 Å². The summed E-state index contributed by atoms with van der Waals surface area (Å²) in [5, 5.41) is 4.90. The van der Waals surface area contributed by atoms with E-state index in [-0.39, 0.29) is 58.9 Å². The molecule has 0 aliphatic heterocycles. The number of sulfonamides is 1. The van der Waals surface area contributed by atoms with Crippen molar-refractivity contribution in [3.63, 3.8) is 0 Å². The third kappa shape index (κ3) is 4.60. The summed E-state index contributed by atoms with van der Waals surface area (Å²) in [6.45, 7) is 3.11. The van der Waals surface area contributed by atoms with Gasteiger partial charge in [-0.1, -0.05) is 0 Å². The second-order valence-electron chi connectivity index (χ2n) is 4.91. The molecule has 0 atom stereocenters. The molecule has 11 nitrogen and oxygen atoms in total. The van der Waals surface area contributed by atoms with Crippen molar-refractivity contribution in [3.05, 3.63) is 26.3 Å². The number of hydrogen-bond donors (Lipinski definition) is 1. The SMILES string of the molecule is CCOC(=O)c1csc(C)c1S(=O)(=O)NC(=O)n1nc(OC)n(C)c1=O.[H-].[Na+]. The van der Waals surface area contributed by atoms with E-state index in [0.717, 1.165) is 15.9 Å². The van der Waals surface area contributed by atoms with E-state index in [0.29, 0.717) is 4.68 Å². The summed E-state index contributed by atoms with van der Waals surface area (Å²) in [6, 6.07) is -1.49. The number of thiophene rings is 1. The summed E-state index contributed by atoms with van der Waals surface area (Å²) in [4.78, 5) is 36.0. The standard InChI is InChI=1S/C13H16N4O7S2.Na.H/c1-5-24-10(18)8-6-25-7(2)9(8)26(21,22)15-11(19)17-13(20)16(3)12(14-17)23-4;;/h6H,5H2,1-4H3,(H,15,19);;/q;+1;-1. The number of methoxy groups -OCH3 is 1. The molecule has 0 fully saturated rings. The van der Waals surface area contributed by atoms with Crippen LogP contribution in [0.2, 0.25) is 0 Å². The first kappa shape index (κ1) is 23.4. The summed E-state index contributed by atoms with van der Waals surface area (Å²) in [6.07, 6.45) is 0. The van der Waals surface area contributed by atoms with Crippen LogP contribution in [0.4, 0.5) is 4.79 Å². The van der Waals surface area contributed by atoms with Gasteiger partial charge in [0.15, 0.2) is 0 Å². The van der Waals surface area contributed by atoms with Crippen molar-refractivity contribution >= 4 is 33.4 Å². The molecule has 0 aliphatic rings. The Balaban J connectivity index is 0.00000364. The van der Waals surface area contributed by atoms with Crippen LogP contribution < -0.4 is 44.7 Å². The summed E-state index contributed by atoms with van der Waals surface area (Å²) >= 11 is 1.01. The molecule has 1 amide bonds. The maximum absolute atomic E-state index is 12.6. The first-order valence-corrected chi connectivity index (χ1v) is 9.52. The fourth-order valence-electron chi connectivity index (χ4n) is 2.07. The zero-order chi connectivity index (χ0) is 19.6. The van der Waals surface area contributed by atoms with E-state index in [4.69, 9.17) is 9.47 Å². The number of carbonyl (C=O) groups is 2. The molecule has 2 heterocycles. The Morgan fingerprint density at radius 1 is 1.41 bits per heavy atom. The van der Waals surface area contributed by atoms with E-state index in [2.05, 4.69) is 5.10 Å². The van der Waals surface area contributed by atoms with E-state index in [9.17, 15) is 22.8 Å². The first-order chi connectivity index (χ1) is 12.1. The number of amides is 1. The maximum atomic E-state index is 12.6. The molecular weight excluding hydrogens is 411 g/mol. The van der Waals surface area contributed by atoms with Crippen molar-refractivity contribution in [2.45, 2.75) is 18.7 Å². The van der Waals surface area contributed by atoms with Crippen LogP contribution in [0.3, 0.4) is 0 Å². The van der Waals surface area contributed by atoms with Gasteiger partial charge in [-0.3, -0.25) is 0 Å². The molecule has 0 aromatic carbocycles. The number of nitrogens with zero attached hydrogens (tertiary/aromatic N) is 3. The average Bonchev–Trinajstić information content (AvgIpc) is 3.09. The summed E-state index contributed by atoms with van der Waals surface area (Å²) in [5.41, 5.74) is -1.09. The molecule has 0 aliphatic carbocycles. The van der Waals surface area contributed by atoms with E-state index in [1.165, 1.54) is 26.5 Å². The van der Waals surface area contributed by atoms with Gasteiger partial charge in [-0.05, 0) is 13.8 Å². The first-order valence-electron chi connectivity index (χ1n) is 7.16. The van der Waals surface area contributed by atoms with Crippen LogP contribution in [0.25, 0.3) is 0 Å². The Morgan fingerprint density at radius 3 is 2.56 bits per heavy atom. The van der Waals surface area contributed by atoms with Gasteiger partial charge < -0.3 is 10.9 Å². The van der Waals surface area contributed by atoms with Crippen LogP contribution in [-0.2, 0) is 21.8 Å². The summed E-state index contributed by atoms with van der Waals surface area (Å²) < 4.78 is 37.7. The van der Waals surface area contributed by atoms with Crippen LogP contribution in [0.1, 0.15) is 23.6 Å². The third-order valence-electron chi connectivity index (χ3n) is 3.22. The minimum absolute atomic E-state index is 0. The number of aryl methyl sites for hydroxylation is 1. The molecule has 0 unspecified atom stereocenters. The third-order valence-corrected chi connectivity index (χ3v) is 5.77. The number of carbonyl (C=O) groups excluding carboxylic acids is 2. The molecule has 144 valence electrons. The smallest absolute Gasteiger partial charge is 1.00 e. The predicted molar refractivity (Wildman–Crippen MR) is 91.3 cm³/mol. The van der Waals surface area contributed by atoms with Crippen molar-refractivity contribution < 1.29 is 58.5 Å². The van der Waals surface area contributed by atoms with E-state index in [1.807, 2.05) is 0 Å². The molecule has 0 spiro atoms. The average molecular weight is 428 g/mol. The molecular formula is C13H17N4NaO7S2. The number of ether oxygens (including phenoxy) is 2. The van der Waals surface area contributed by atoms with Gasteiger partial charge in [-0.15, -0.1) is 21.1 Å². The van der Waals surface area contributed by atoms with Crippen LogP contribution in [0.15, 0.2) is 15.1 Å². The van der Waals surface area contributed by atoms with Gasteiger partial charge in [0, 0.05) is 17.3 Å². The molecule has 27 heavy (non-hydrogen) atoms. The molecule has 0 radical (unpaired) electrons. The van der Waals surface area contributed by atoms with Crippen molar-refractivity contribution in [1.82, 2.24) is 19.1 Å². The van der Waals surface area contributed by atoms with Crippen LogP contribution >= 0.6 is 11.3 Å². The fourth-order valence-corrected chi connectivity index (χ4v) is 4.57. The van der Waals surface area contributed by atoms with Crippen LogP contribution in [0, 0.1) is 6.92 Å². The topological polar surface area (TPSA) is 139 Å². The molecule has 1 N–H and O–H groups in total. The second kappa shape index (κ2) is 9.01. The summed E-state index contributed by atoms with van der Waals surface area (Å²) in [7, 11) is -1.92. The molecule has 0 saturated heterocycles. The maximum Gasteiger partial charge on any atom is 1.00 e. The van der Waals surface area contributed by atoms with Crippen LogP contribution in [-0.4, -0.2) is 48.5 Å². The van der Waals surface area contributed by atoms with Gasteiger partial charge in [0.25, 0.3) is 10.0 Å². The zero-order valence-corrected chi connectivity index (χ0v) is 18.9. The number of aromatic nitrogens is 3. The second-order valence-corrected chi connectivity index (χ2v) is 7.61. The fraction of sp³-hybridized carbons (Fsp3) is 0.385. The van der Waals surface area contributed by atoms with Crippen molar-refractivity contribution in [2.24, 2.45) is 7.05 Å². The predicted octanol–water partition coefficient (Wildman–Crippen LogP) is -2.80. The van der Waals surface area contributed by atoms with Gasteiger partial charge in [0.2, 0.25) is 0 Å². The number of nitrogens with one attached hydrogen (secondary N) is 1. The van der Waals surface area contributed by atoms with Gasteiger partial charge >= 0.3 is 53.3 Å². The Bertz CT molecular complexity index is 1030. The Kier molecular flexibility index (Phi) is 7.80. The molecule has 2 aromatic heterocycles. The van der Waals surface area contributed by atoms with E-state index in [1.54, 1.807) is 11.6 Å².